The minimum Gasteiger partial charge on any atom is -0.465 e. The number of ether oxygens (including phenoxy) is 2. The Labute approximate surface area is 162 Å². The lowest BCUT2D eigenvalue weighted by atomic mass is 9.83. The van der Waals surface area contributed by atoms with Gasteiger partial charge in [-0.3, -0.25) is 9.78 Å². The quantitative estimate of drug-likeness (QED) is 0.729. The summed E-state index contributed by atoms with van der Waals surface area (Å²) in [6.07, 6.45) is 5.44. The maximum absolute atomic E-state index is 12.8. The van der Waals surface area contributed by atoms with E-state index in [1.165, 1.54) is 13.3 Å². The molecule has 1 saturated heterocycles. The summed E-state index contributed by atoms with van der Waals surface area (Å²) in [5, 5.41) is 0. The Morgan fingerprint density at radius 3 is 2.64 bits per heavy atom. The molecule has 0 aromatic carbocycles. The minimum absolute atomic E-state index is 0.152. The summed E-state index contributed by atoms with van der Waals surface area (Å²) in [4.78, 5) is 39.2. The van der Waals surface area contributed by atoms with Crippen molar-refractivity contribution in [2.45, 2.75) is 31.8 Å². The molecule has 4 heterocycles. The Balaban J connectivity index is 1.48. The predicted octanol–water partition coefficient (Wildman–Crippen LogP) is 1.67. The Hall–Kier alpha value is -2.87. The number of fused-ring (bicyclic) bond motifs is 2. The van der Waals surface area contributed by atoms with Crippen LogP contribution in [0.25, 0.3) is 0 Å². The van der Waals surface area contributed by atoms with E-state index in [0.717, 1.165) is 23.5 Å². The van der Waals surface area contributed by atoms with Crippen LogP contribution in [0.4, 0.5) is 0 Å². The first kappa shape index (κ1) is 18.5. The molecule has 0 unspecified atom stereocenters. The summed E-state index contributed by atoms with van der Waals surface area (Å²) >= 11 is 0. The predicted molar refractivity (Wildman–Crippen MR) is 98.8 cm³/mol. The number of amides is 1. The van der Waals surface area contributed by atoms with Crippen molar-refractivity contribution in [3.8, 4) is 0 Å². The minimum atomic E-state index is -0.475. The molecular formula is C20H22N4O4. The number of esters is 1. The summed E-state index contributed by atoms with van der Waals surface area (Å²) < 4.78 is 10.8. The van der Waals surface area contributed by atoms with Crippen LogP contribution in [-0.4, -0.2) is 58.5 Å². The third-order valence-electron chi connectivity index (χ3n) is 5.43. The topological polar surface area (TPSA) is 94.5 Å². The van der Waals surface area contributed by atoms with Gasteiger partial charge in [-0.2, -0.15) is 0 Å². The standard InChI is InChI=1S/C20H22N4O4/c1-13-21-11-14-5-10-28-20(17(14)23-13)6-8-24(9-7-20)18(25)16-4-3-15(12-22-16)19(26)27-2/h3-4,11-12H,5-10H2,1-2H3. The van der Waals surface area contributed by atoms with Gasteiger partial charge in [0.25, 0.3) is 5.91 Å². The van der Waals surface area contributed by atoms with Gasteiger partial charge in [-0.05, 0) is 43.9 Å². The summed E-state index contributed by atoms with van der Waals surface area (Å²) in [6.45, 7) is 3.64. The Morgan fingerprint density at radius 1 is 1.18 bits per heavy atom. The molecule has 0 N–H and O–H groups in total. The van der Waals surface area contributed by atoms with Crippen molar-refractivity contribution in [1.29, 1.82) is 0 Å². The molecule has 28 heavy (non-hydrogen) atoms. The van der Waals surface area contributed by atoms with E-state index in [-0.39, 0.29) is 5.91 Å². The Kier molecular flexibility index (Phi) is 4.80. The van der Waals surface area contributed by atoms with Crippen molar-refractivity contribution in [3.63, 3.8) is 0 Å². The molecule has 0 bridgehead atoms. The van der Waals surface area contributed by atoms with Crippen molar-refractivity contribution < 1.29 is 19.1 Å². The van der Waals surface area contributed by atoms with Gasteiger partial charge in [-0.15, -0.1) is 0 Å². The lowest BCUT2D eigenvalue weighted by Crippen LogP contribution is -2.49. The van der Waals surface area contributed by atoms with E-state index in [2.05, 4.69) is 19.7 Å². The van der Waals surface area contributed by atoms with Crippen LogP contribution in [-0.2, 0) is 21.5 Å². The van der Waals surface area contributed by atoms with Gasteiger partial charge in [-0.25, -0.2) is 14.8 Å². The van der Waals surface area contributed by atoms with Crippen LogP contribution in [0.1, 0.15) is 50.8 Å². The van der Waals surface area contributed by atoms with Gasteiger partial charge in [0.15, 0.2) is 0 Å². The number of methoxy groups -OCH3 is 1. The second-order valence-electron chi connectivity index (χ2n) is 7.10. The Bertz CT molecular complexity index is 905. The number of pyridine rings is 1. The van der Waals surface area contributed by atoms with Crippen molar-refractivity contribution in [3.05, 3.63) is 52.9 Å². The van der Waals surface area contributed by atoms with Crippen molar-refractivity contribution >= 4 is 11.9 Å². The van der Waals surface area contributed by atoms with Crippen LogP contribution >= 0.6 is 0 Å². The van der Waals surface area contributed by atoms with E-state index >= 15 is 0 Å². The van der Waals surface area contributed by atoms with E-state index in [0.29, 0.717) is 43.8 Å². The van der Waals surface area contributed by atoms with E-state index in [9.17, 15) is 9.59 Å². The van der Waals surface area contributed by atoms with E-state index in [1.54, 1.807) is 17.0 Å². The van der Waals surface area contributed by atoms with Crippen LogP contribution < -0.4 is 0 Å². The molecular weight excluding hydrogens is 360 g/mol. The molecule has 0 radical (unpaired) electrons. The van der Waals surface area contributed by atoms with E-state index in [4.69, 9.17) is 4.74 Å². The highest BCUT2D eigenvalue weighted by molar-refractivity contribution is 5.94. The highest BCUT2D eigenvalue weighted by Crippen LogP contribution is 2.40. The van der Waals surface area contributed by atoms with Gasteiger partial charge in [0, 0.05) is 25.5 Å². The fourth-order valence-corrected chi connectivity index (χ4v) is 3.87. The van der Waals surface area contributed by atoms with E-state index < -0.39 is 11.6 Å². The highest BCUT2D eigenvalue weighted by Gasteiger charge is 2.43. The van der Waals surface area contributed by atoms with Crippen molar-refractivity contribution in [2.24, 2.45) is 0 Å². The van der Waals surface area contributed by atoms with Gasteiger partial charge in [-0.1, -0.05) is 0 Å². The third-order valence-corrected chi connectivity index (χ3v) is 5.43. The first-order chi connectivity index (χ1) is 13.5. The zero-order valence-electron chi connectivity index (χ0n) is 16.0. The number of rotatable bonds is 2. The number of carbonyl (C=O) groups is 2. The van der Waals surface area contributed by atoms with Gasteiger partial charge in [0.05, 0.1) is 25.0 Å². The van der Waals surface area contributed by atoms with Crippen LogP contribution in [0.3, 0.4) is 0 Å². The summed E-state index contributed by atoms with van der Waals surface area (Å²) in [5.74, 6) is 0.106. The molecule has 1 spiro atoms. The van der Waals surface area contributed by atoms with Crippen LogP contribution in [0.15, 0.2) is 24.5 Å². The first-order valence-corrected chi connectivity index (χ1v) is 9.33. The number of hydrogen-bond acceptors (Lipinski definition) is 7. The number of carbonyl (C=O) groups excluding carboxylic acids is 2. The molecule has 0 saturated carbocycles. The van der Waals surface area contributed by atoms with Crippen molar-refractivity contribution in [2.75, 3.05) is 26.8 Å². The molecule has 1 amide bonds. The molecule has 0 aliphatic carbocycles. The van der Waals surface area contributed by atoms with Crippen molar-refractivity contribution in [1.82, 2.24) is 19.9 Å². The van der Waals surface area contributed by atoms with Crippen LogP contribution in [0.5, 0.6) is 0 Å². The largest absolute Gasteiger partial charge is 0.465 e. The summed E-state index contributed by atoms with van der Waals surface area (Å²) in [6, 6.07) is 3.11. The maximum atomic E-state index is 12.8. The fourth-order valence-electron chi connectivity index (χ4n) is 3.87. The zero-order chi connectivity index (χ0) is 19.7. The van der Waals surface area contributed by atoms with Gasteiger partial charge in [0.1, 0.15) is 17.1 Å². The molecule has 8 nitrogen and oxygen atoms in total. The number of nitrogens with zero attached hydrogens (tertiary/aromatic N) is 4. The second kappa shape index (κ2) is 7.27. The lowest BCUT2D eigenvalue weighted by Gasteiger charge is -2.44. The molecule has 2 aromatic rings. The molecule has 2 aromatic heterocycles. The van der Waals surface area contributed by atoms with Gasteiger partial charge < -0.3 is 14.4 Å². The van der Waals surface area contributed by atoms with E-state index in [1.807, 2.05) is 13.1 Å². The average molecular weight is 382 g/mol. The number of aryl methyl sites for hydroxylation is 1. The summed E-state index contributed by atoms with van der Waals surface area (Å²) in [5.41, 5.74) is 2.29. The van der Waals surface area contributed by atoms with Crippen LogP contribution in [0.2, 0.25) is 0 Å². The van der Waals surface area contributed by atoms with Gasteiger partial charge in [0.2, 0.25) is 0 Å². The molecule has 2 aliphatic rings. The van der Waals surface area contributed by atoms with Crippen LogP contribution in [0, 0.1) is 6.92 Å². The summed E-state index contributed by atoms with van der Waals surface area (Å²) in [7, 11) is 1.31. The molecule has 8 heteroatoms. The molecule has 146 valence electrons. The van der Waals surface area contributed by atoms with Gasteiger partial charge >= 0.3 is 5.97 Å². The number of aromatic nitrogens is 3. The zero-order valence-corrected chi connectivity index (χ0v) is 16.0. The molecule has 2 aliphatic heterocycles. The smallest absolute Gasteiger partial charge is 0.339 e. The number of hydrogen-bond donors (Lipinski definition) is 0. The normalized spacial score (nSPS) is 17.9. The Morgan fingerprint density at radius 2 is 1.96 bits per heavy atom. The lowest BCUT2D eigenvalue weighted by molar-refractivity contribution is -0.0969. The average Bonchev–Trinajstić information content (AvgIpc) is 2.74. The SMILES string of the molecule is COC(=O)c1ccc(C(=O)N2CCC3(CC2)OCCc2cnc(C)nc23)nc1. The third kappa shape index (κ3) is 3.24. The monoisotopic (exact) mass is 382 g/mol. The maximum Gasteiger partial charge on any atom is 0.339 e. The highest BCUT2D eigenvalue weighted by atomic mass is 16.5. The number of likely N-dealkylation sites (tertiary alicyclic amines) is 1. The fraction of sp³-hybridized carbons (Fsp3) is 0.450. The number of piperidine rings is 1. The molecule has 0 atom stereocenters. The molecule has 1 fully saturated rings. The second-order valence-corrected chi connectivity index (χ2v) is 7.10. The first-order valence-electron chi connectivity index (χ1n) is 9.33. The molecule has 4 rings (SSSR count).